The number of anilines is 1. The van der Waals surface area contributed by atoms with E-state index in [9.17, 15) is 9.65 Å². The highest BCUT2D eigenvalue weighted by Gasteiger charge is 2.22. The summed E-state index contributed by atoms with van der Waals surface area (Å²) in [6.07, 6.45) is 7.23. The molecule has 1 aromatic carbocycles. The molecule has 1 aliphatic carbocycles. The topological polar surface area (TPSA) is 35.8 Å². The Labute approximate surface area is 108 Å². The van der Waals surface area contributed by atoms with Gasteiger partial charge in [0.2, 0.25) is 0 Å². The Kier molecular flexibility index (Phi) is 4.58. The molecule has 18 heavy (non-hydrogen) atoms. The molecule has 2 nitrogen and oxygen atoms in total. The molecule has 0 saturated heterocycles. The van der Waals surface area contributed by atoms with Crippen LogP contribution in [0.5, 0.6) is 0 Å². The lowest BCUT2D eigenvalue weighted by atomic mass is 9.92. The normalized spacial score (nSPS) is 18.7. The Morgan fingerprint density at radius 1 is 1.11 bits per heavy atom. The van der Waals surface area contributed by atoms with E-state index in [0.29, 0.717) is 5.92 Å². The van der Waals surface area contributed by atoms with Crippen LogP contribution in [0.1, 0.15) is 38.5 Å². The largest absolute Gasteiger partial charge is 0.370 e. The summed E-state index contributed by atoms with van der Waals surface area (Å²) in [6.45, 7) is 0. The second kappa shape index (κ2) is 6.39. The molecule has 2 rings (SSSR count). The molecule has 1 saturated carbocycles. The van der Waals surface area contributed by atoms with Gasteiger partial charge in [0.15, 0.2) is 0 Å². The average molecular weight is 246 g/mol. The van der Waals surface area contributed by atoms with Crippen molar-refractivity contribution >= 4 is 5.69 Å². The van der Waals surface area contributed by atoms with Crippen LogP contribution < -0.4 is 5.32 Å². The summed E-state index contributed by atoms with van der Waals surface area (Å²) >= 11 is 0. The zero-order valence-corrected chi connectivity index (χ0v) is 10.5. The molecule has 1 fully saturated rings. The van der Waals surface area contributed by atoms with Crippen LogP contribution in [-0.2, 0) is 0 Å². The van der Waals surface area contributed by atoms with Gasteiger partial charge in [-0.1, -0.05) is 25.7 Å². The van der Waals surface area contributed by atoms with Gasteiger partial charge < -0.3 is 5.32 Å². The lowest BCUT2D eigenvalue weighted by molar-refractivity contribution is 0.439. The third kappa shape index (κ3) is 3.46. The van der Waals surface area contributed by atoms with Crippen LogP contribution in [0, 0.1) is 23.1 Å². The Hall–Kier alpha value is -1.56. The predicted molar refractivity (Wildman–Crippen MR) is 70.6 cm³/mol. The van der Waals surface area contributed by atoms with Crippen molar-refractivity contribution in [3.63, 3.8) is 0 Å². The van der Waals surface area contributed by atoms with E-state index in [-0.39, 0.29) is 11.9 Å². The standard InChI is InChI=1S/C15H19FN2/c16-13-7-9-14(10-8-13)18-15(11-17)12-5-3-1-2-4-6-12/h7-10,12,15,18H,1-6H2. The molecule has 1 N–H and O–H groups in total. The van der Waals surface area contributed by atoms with Crippen molar-refractivity contribution in [2.75, 3.05) is 5.32 Å². The predicted octanol–water partition coefficient (Wildman–Crippen LogP) is 4.10. The highest BCUT2D eigenvalue weighted by Crippen LogP contribution is 2.27. The molecular formula is C15H19FN2. The highest BCUT2D eigenvalue weighted by atomic mass is 19.1. The monoisotopic (exact) mass is 246 g/mol. The molecule has 0 aromatic heterocycles. The van der Waals surface area contributed by atoms with E-state index in [4.69, 9.17) is 0 Å². The third-order valence-corrected chi connectivity index (χ3v) is 3.68. The smallest absolute Gasteiger partial charge is 0.123 e. The zero-order valence-electron chi connectivity index (χ0n) is 10.5. The van der Waals surface area contributed by atoms with Gasteiger partial charge in [0.05, 0.1) is 6.07 Å². The molecule has 0 amide bonds. The first kappa shape index (κ1) is 12.9. The number of hydrogen-bond donors (Lipinski definition) is 1. The van der Waals surface area contributed by atoms with Gasteiger partial charge in [0.1, 0.15) is 11.9 Å². The molecule has 0 bridgehead atoms. The Bertz CT molecular complexity index is 399. The number of nitrogens with zero attached hydrogens (tertiary/aromatic N) is 1. The lowest BCUT2D eigenvalue weighted by Crippen LogP contribution is -2.27. The van der Waals surface area contributed by atoms with Gasteiger partial charge in [-0.15, -0.1) is 0 Å². The van der Waals surface area contributed by atoms with Crippen molar-refractivity contribution in [1.82, 2.24) is 0 Å². The molecule has 1 unspecified atom stereocenters. The zero-order chi connectivity index (χ0) is 12.8. The molecule has 0 radical (unpaired) electrons. The molecule has 3 heteroatoms. The number of rotatable bonds is 3. The first-order chi connectivity index (χ1) is 8.79. The van der Waals surface area contributed by atoms with Gasteiger partial charge in [0, 0.05) is 5.69 Å². The molecule has 1 aromatic rings. The maximum atomic E-state index is 12.8. The maximum absolute atomic E-state index is 12.8. The fourth-order valence-corrected chi connectivity index (χ4v) is 2.63. The van der Waals surface area contributed by atoms with Crippen molar-refractivity contribution in [3.8, 4) is 6.07 Å². The summed E-state index contributed by atoms with van der Waals surface area (Å²) in [5, 5.41) is 12.5. The summed E-state index contributed by atoms with van der Waals surface area (Å²) < 4.78 is 12.8. The van der Waals surface area contributed by atoms with E-state index in [0.717, 1.165) is 18.5 Å². The summed E-state index contributed by atoms with van der Waals surface area (Å²) in [6, 6.07) is 8.42. The minimum absolute atomic E-state index is 0.159. The molecule has 1 atom stereocenters. The van der Waals surface area contributed by atoms with Gasteiger partial charge in [-0.2, -0.15) is 5.26 Å². The second-order valence-electron chi connectivity index (χ2n) is 5.01. The number of benzene rings is 1. The van der Waals surface area contributed by atoms with Crippen molar-refractivity contribution in [1.29, 1.82) is 5.26 Å². The molecule has 96 valence electrons. The van der Waals surface area contributed by atoms with Crippen LogP contribution in [0.4, 0.5) is 10.1 Å². The first-order valence-corrected chi connectivity index (χ1v) is 6.71. The fraction of sp³-hybridized carbons (Fsp3) is 0.533. The van der Waals surface area contributed by atoms with E-state index in [1.54, 1.807) is 12.1 Å². The molecule has 0 heterocycles. The van der Waals surface area contributed by atoms with E-state index < -0.39 is 0 Å². The fourth-order valence-electron chi connectivity index (χ4n) is 2.63. The van der Waals surface area contributed by atoms with Crippen molar-refractivity contribution in [3.05, 3.63) is 30.1 Å². The van der Waals surface area contributed by atoms with Crippen LogP contribution in [-0.4, -0.2) is 6.04 Å². The van der Waals surface area contributed by atoms with Crippen LogP contribution in [0.3, 0.4) is 0 Å². The number of nitriles is 1. The SMILES string of the molecule is N#CC(Nc1ccc(F)cc1)C1CCCCCC1. The average Bonchev–Trinajstić information content (AvgIpc) is 2.67. The van der Waals surface area contributed by atoms with Crippen molar-refractivity contribution in [2.24, 2.45) is 5.92 Å². The van der Waals surface area contributed by atoms with Gasteiger partial charge in [-0.05, 0) is 43.0 Å². The number of hydrogen-bond acceptors (Lipinski definition) is 2. The Morgan fingerprint density at radius 2 is 1.72 bits per heavy atom. The summed E-state index contributed by atoms with van der Waals surface area (Å²) in [4.78, 5) is 0. The summed E-state index contributed by atoms with van der Waals surface area (Å²) in [5.74, 6) is 0.172. The first-order valence-electron chi connectivity index (χ1n) is 6.71. The van der Waals surface area contributed by atoms with Gasteiger partial charge in [-0.3, -0.25) is 0 Å². The highest BCUT2D eigenvalue weighted by molar-refractivity contribution is 5.45. The van der Waals surface area contributed by atoms with Gasteiger partial charge in [0.25, 0.3) is 0 Å². The molecular weight excluding hydrogens is 227 g/mol. The van der Waals surface area contributed by atoms with Gasteiger partial charge >= 0.3 is 0 Å². The Balaban J connectivity index is 2.00. The minimum Gasteiger partial charge on any atom is -0.370 e. The molecule has 1 aliphatic rings. The van der Waals surface area contributed by atoms with E-state index in [1.165, 1.54) is 37.8 Å². The number of nitrogens with one attached hydrogen (secondary N) is 1. The quantitative estimate of drug-likeness (QED) is 0.815. The third-order valence-electron chi connectivity index (χ3n) is 3.68. The van der Waals surface area contributed by atoms with Gasteiger partial charge in [-0.25, -0.2) is 4.39 Å². The van der Waals surface area contributed by atoms with E-state index in [2.05, 4.69) is 11.4 Å². The minimum atomic E-state index is -0.247. The maximum Gasteiger partial charge on any atom is 0.123 e. The van der Waals surface area contributed by atoms with Crippen LogP contribution in [0.2, 0.25) is 0 Å². The summed E-state index contributed by atoms with van der Waals surface area (Å²) in [5.41, 5.74) is 0.826. The molecule has 0 spiro atoms. The second-order valence-corrected chi connectivity index (χ2v) is 5.01. The van der Waals surface area contributed by atoms with Crippen molar-refractivity contribution < 1.29 is 4.39 Å². The number of halogens is 1. The van der Waals surface area contributed by atoms with Crippen LogP contribution >= 0.6 is 0 Å². The summed E-state index contributed by atoms with van der Waals surface area (Å²) in [7, 11) is 0. The Morgan fingerprint density at radius 3 is 2.28 bits per heavy atom. The lowest BCUT2D eigenvalue weighted by Gasteiger charge is -2.22. The van der Waals surface area contributed by atoms with Crippen molar-refractivity contribution in [2.45, 2.75) is 44.6 Å². The van der Waals surface area contributed by atoms with Crippen LogP contribution in [0.25, 0.3) is 0 Å². The van der Waals surface area contributed by atoms with E-state index in [1.807, 2.05) is 0 Å². The molecule has 0 aliphatic heterocycles. The van der Waals surface area contributed by atoms with E-state index >= 15 is 0 Å². The van der Waals surface area contributed by atoms with Crippen LogP contribution in [0.15, 0.2) is 24.3 Å².